The normalized spacial score (nSPS) is 11.6. The maximum Gasteiger partial charge on any atom is 0.325 e. The molecule has 0 atom stereocenters. The predicted octanol–water partition coefficient (Wildman–Crippen LogP) is 2.70. The van der Waals surface area contributed by atoms with E-state index >= 15 is 0 Å². The van der Waals surface area contributed by atoms with Gasteiger partial charge in [0.1, 0.15) is 0 Å². The van der Waals surface area contributed by atoms with Crippen molar-refractivity contribution in [1.82, 2.24) is 5.32 Å². The fourth-order valence-corrected chi connectivity index (χ4v) is 2.36. The topological polar surface area (TPSA) is 129 Å². The summed E-state index contributed by atoms with van der Waals surface area (Å²) in [7, 11) is 0. The standard InChI is InChI=1S/C16H12ClN3O7/c17-9-1-3-12(11(5-9)20(23)24)25-7-15(21)19-16(22)18-10-2-4-13-14(6-10)27-8-26-13/h1-6H,7-8H2,(H2,18,19,21,22). The van der Waals surface area contributed by atoms with Crippen LogP contribution in [0.15, 0.2) is 36.4 Å². The van der Waals surface area contributed by atoms with E-state index in [-0.39, 0.29) is 23.3 Å². The van der Waals surface area contributed by atoms with E-state index in [0.29, 0.717) is 17.2 Å². The summed E-state index contributed by atoms with van der Waals surface area (Å²) in [5.74, 6) is 0.0840. The lowest BCUT2D eigenvalue weighted by atomic mass is 10.3. The number of imide groups is 1. The van der Waals surface area contributed by atoms with Crippen LogP contribution in [0, 0.1) is 10.1 Å². The van der Waals surface area contributed by atoms with E-state index in [0.717, 1.165) is 6.07 Å². The summed E-state index contributed by atoms with van der Waals surface area (Å²) in [6, 6.07) is 7.68. The highest BCUT2D eigenvalue weighted by Crippen LogP contribution is 2.34. The number of fused-ring (bicyclic) bond motifs is 1. The SMILES string of the molecule is O=C(COc1ccc(Cl)cc1[N+](=O)[O-])NC(=O)Nc1ccc2c(c1)OCO2. The Morgan fingerprint density at radius 1 is 1.19 bits per heavy atom. The largest absolute Gasteiger partial charge is 0.477 e. The van der Waals surface area contributed by atoms with Crippen LogP contribution in [0.1, 0.15) is 0 Å². The van der Waals surface area contributed by atoms with Gasteiger partial charge in [-0.2, -0.15) is 0 Å². The Hall–Kier alpha value is -3.53. The number of nitro groups is 1. The van der Waals surface area contributed by atoms with Crippen LogP contribution in [0.5, 0.6) is 17.2 Å². The summed E-state index contributed by atoms with van der Waals surface area (Å²) in [6.07, 6.45) is 0. The third kappa shape index (κ3) is 4.55. The molecule has 0 aromatic heterocycles. The Morgan fingerprint density at radius 3 is 2.74 bits per heavy atom. The highest BCUT2D eigenvalue weighted by atomic mass is 35.5. The number of ether oxygens (including phenoxy) is 3. The van der Waals surface area contributed by atoms with Crippen molar-refractivity contribution in [3.8, 4) is 17.2 Å². The summed E-state index contributed by atoms with van der Waals surface area (Å²) in [6.45, 7) is -0.505. The first-order valence-electron chi connectivity index (χ1n) is 7.49. The van der Waals surface area contributed by atoms with Gasteiger partial charge in [-0.1, -0.05) is 11.6 Å². The van der Waals surface area contributed by atoms with E-state index < -0.39 is 23.5 Å². The van der Waals surface area contributed by atoms with E-state index in [9.17, 15) is 19.7 Å². The van der Waals surface area contributed by atoms with Gasteiger partial charge in [0, 0.05) is 22.8 Å². The lowest BCUT2D eigenvalue weighted by molar-refractivity contribution is -0.385. The van der Waals surface area contributed by atoms with Crippen molar-refractivity contribution in [2.24, 2.45) is 0 Å². The quantitative estimate of drug-likeness (QED) is 0.590. The zero-order valence-corrected chi connectivity index (χ0v) is 14.3. The Bertz CT molecular complexity index is 919. The van der Waals surface area contributed by atoms with Gasteiger partial charge in [0.15, 0.2) is 23.9 Å². The molecule has 1 aliphatic heterocycles. The van der Waals surface area contributed by atoms with Crippen LogP contribution in [0.2, 0.25) is 5.02 Å². The summed E-state index contributed by atoms with van der Waals surface area (Å²) < 4.78 is 15.4. The Balaban J connectivity index is 1.53. The predicted molar refractivity (Wildman–Crippen MR) is 93.3 cm³/mol. The third-order valence-corrected chi connectivity index (χ3v) is 3.59. The molecule has 27 heavy (non-hydrogen) atoms. The molecule has 2 N–H and O–H groups in total. The fourth-order valence-electron chi connectivity index (χ4n) is 2.20. The average molecular weight is 394 g/mol. The molecule has 1 heterocycles. The smallest absolute Gasteiger partial charge is 0.325 e. The Kier molecular flexibility index (Phi) is 5.27. The number of urea groups is 1. The van der Waals surface area contributed by atoms with Crippen LogP contribution >= 0.6 is 11.6 Å². The van der Waals surface area contributed by atoms with Gasteiger partial charge in [-0.05, 0) is 24.3 Å². The van der Waals surface area contributed by atoms with Crippen molar-refractivity contribution in [2.45, 2.75) is 0 Å². The number of hydrogen-bond acceptors (Lipinski definition) is 7. The van der Waals surface area contributed by atoms with Crippen molar-refractivity contribution < 1.29 is 28.7 Å². The van der Waals surface area contributed by atoms with E-state index in [1.807, 2.05) is 5.32 Å². The maximum atomic E-state index is 11.9. The second-order valence-electron chi connectivity index (χ2n) is 5.23. The number of rotatable bonds is 5. The van der Waals surface area contributed by atoms with E-state index in [1.165, 1.54) is 12.1 Å². The number of amides is 3. The molecule has 0 unspecified atom stereocenters. The molecule has 3 amide bonds. The average Bonchev–Trinajstić information content (AvgIpc) is 3.08. The van der Waals surface area contributed by atoms with Crippen LogP contribution in [0.3, 0.4) is 0 Å². The summed E-state index contributed by atoms with van der Waals surface area (Å²) in [5.41, 5.74) is -0.00100. The maximum absolute atomic E-state index is 11.9. The zero-order valence-electron chi connectivity index (χ0n) is 13.6. The molecule has 11 heteroatoms. The second kappa shape index (κ2) is 7.79. The lowest BCUT2D eigenvalue weighted by Gasteiger charge is -2.09. The molecule has 0 radical (unpaired) electrons. The van der Waals surface area contributed by atoms with Crippen LogP contribution in [0.25, 0.3) is 0 Å². The molecular formula is C16H12ClN3O7. The van der Waals surface area contributed by atoms with Gasteiger partial charge in [-0.15, -0.1) is 0 Å². The molecule has 0 spiro atoms. The van der Waals surface area contributed by atoms with Crippen molar-refractivity contribution in [3.63, 3.8) is 0 Å². The monoisotopic (exact) mass is 393 g/mol. The number of nitrogens with one attached hydrogen (secondary N) is 2. The highest BCUT2D eigenvalue weighted by Gasteiger charge is 2.18. The van der Waals surface area contributed by atoms with Gasteiger partial charge in [0.2, 0.25) is 6.79 Å². The second-order valence-corrected chi connectivity index (χ2v) is 5.66. The molecule has 1 aliphatic rings. The van der Waals surface area contributed by atoms with Gasteiger partial charge < -0.3 is 19.5 Å². The first-order valence-corrected chi connectivity index (χ1v) is 7.87. The van der Waals surface area contributed by atoms with Gasteiger partial charge in [0.05, 0.1) is 4.92 Å². The summed E-state index contributed by atoms with van der Waals surface area (Å²) in [5, 5.41) is 15.6. The van der Waals surface area contributed by atoms with E-state index in [2.05, 4.69) is 5.32 Å². The Morgan fingerprint density at radius 2 is 1.96 bits per heavy atom. The fraction of sp³-hybridized carbons (Fsp3) is 0.125. The number of benzene rings is 2. The molecular weight excluding hydrogens is 382 g/mol. The minimum Gasteiger partial charge on any atom is -0.477 e. The number of hydrogen-bond donors (Lipinski definition) is 2. The number of halogens is 1. The molecule has 0 saturated carbocycles. The highest BCUT2D eigenvalue weighted by molar-refractivity contribution is 6.30. The summed E-state index contributed by atoms with van der Waals surface area (Å²) >= 11 is 5.70. The molecule has 3 rings (SSSR count). The molecule has 140 valence electrons. The zero-order chi connectivity index (χ0) is 19.4. The number of nitro benzene ring substituents is 1. The van der Waals surface area contributed by atoms with Crippen LogP contribution in [-0.2, 0) is 4.79 Å². The molecule has 0 bridgehead atoms. The van der Waals surface area contributed by atoms with E-state index in [1.54, 1.807) is 18.2 Å². The van der Waals surface area contributed by atoms with Crippen molar-refractivity contribution in [2.75, 3.05) is 18.7 Å². The Labute approximate surface area is 157 Å². The van der Waals surface area contributed by atoms with Crippen LogP contribution < -0.4 is 24.8 Å². The van der Waals surface area contributed by atoms with Gasteiger partial charge >= 0.3 is 11.7 Å². The molecule has 0 saturated heterocycles. The lowest BCUT2D eigenvalue weighted by Crippen LogP contribution is -2.37. The molecule has 0 aliphatic carbocycles. The summed E-state index contributed by atoms with van der Waals surface area (Å²) in [4.78, 5) is 33.9. The molecule has 0 fully saturated rings. The van der Waals surface area contributed by atoms with Crippen molar-refractivity contribution in [3.05, 3.63) is 51.5 Å². The van der Waals surface area contributed by atoms with Gasteiger partial charge in [-0.25, -0.2) is 4.79 Å². The first-order chi connectivity index (χ1) is 12.9. The van der Waals surface area contributed by atoms with Crippen molar-refractivity contribution in [1.29, 1.82) is 0 Å². The number of carbonyl (C=O) groups excluding carboxylic acids is 2. The minimum atomic E-state index is -0.798. The third-order valence-electron chi connectivity index (χ3n) is 3.36. The number of nitrogens with zero attached hydrogens (tertiary/aromatic N) is 1. The molecule has 10 nitrogen and oxygen atoms in total. The van der Waals surface area contributed by atoms with E-state index in [4.69, 9.17) is 25.8 Å². The van der Waals surface area contributed by atoms with Crippen LogP contribution in [-0.4, -0.2) is 30.3 Å². The number of carbonyl (C=O) groups is 2. The van der Waals surface area contributed by atoms with Crippen molar-refractivity contribution >= 4 is 34.9 Å². The number of anilines is 1. The molecule has 2 aromatic carbocycles. The van der Waals surface area contributed by atoms with Gasteiger partial charge in [0.25, 0.3) is 5.91 Å². The van der Waals surface area contributed by atoms with Gasteiger partial charge in [-0.3, -0.25) is 20.2 Å². The van der Waals surface area contributed by atoms with Crippen LogP contribution in [0.4, 0.5) is 16.2 Å². The first kappa shape index (κ1) is 18.3. The molecule has 2 aromatic rings. The minimum absolute atomic E-state index is 0.0949.